The van der Waals surface area contributed by atoms with Gasteiger partial charge in [-0.2, -0.15) is 13.2 Å². The number of hydrogen-bond acceptors (Lipinski definition) is 0. The molecule has 9 heteroatoms. The van der Waals surface area contributed by atoms with Crippen LogP contribution >= 0.6 is 0 Å². The van der Waals surface area contributed by atoms with Crippen molar-refractivity contribution in [3.63, 3.8) is 0 Å². The minimum atomic E-state index is -4.84. The zero-order valence-corrected chi connectivity index (χ0v) is 18.8. The Bertz CT molecular complexity index is 1450. The summed E-state index contributed by atoms with van der Waals surface area (Å²) in [6.07, 6.45) is -5.08. The second-order valence-electron chi connectivity index (χ2n) is 8.22. The normalized spacial score (nSPS) is 11.9. The van der Waals surface area contributed by atoms with E-state index in [9.17, 15) is 39.5 Å². The van der Waals surface area contributed by atoms with E-state index >= 15 is 0 Å². The smallest absolute Gasteiger partial charge is 0.206 e. The molecule has 0 fully saturated rings. The first-order valence-electron chi connectivity index (χ1n) is 10.6. The van der Waals surface area contributed by atoms with Crippen molar-refractivity contribution in [1.82, 2.24) is 0 Å². The summed E-state index contributed by atoms with van der Waals surface area (Å²) in [6.45, 7) is 1.84. The molecule has 0 aliphatic heterocycles. The number of rotatable bonds is 4. The Kier molecular flexibility index (Phi) is 6.90. The molecule has 0 saturated carbocycles. The minimum absolute atomic E-state index is 0.149. The summed E-state index contributed by atoms with van der Waals surface area (Å²) in [7, 11) is 0. The third-order valence-electron chi connectivity index (χ3n) is 5.56. The number of alkyl halides is 3. The average Bonchev–Trinajstić information content (AvgIpc) is 2.77. The van der Waals surface area contributed by atoms with Crippen molar-refractivity contribution in [3.05, 3.63) is 113 Å². The van der Waals surface area contributed by atoms with Gasteiger partial charge in [-0.3, -0.25) is 0 Å². The molecule has 0 radical (unpaired) electrons. The molecule has 0 nitrogen and oxygen atoms in total. The van der Waals surface area contributed by atoms with Crippen LogP contribution in [0.25, 0.3) is 39.5 Å². The van der Waals surface area contributed by atoms with Gasteiger partial charge >= 0.3 is 6.18 Å². The molecule has 37 heavy (non-hydrogen) atoms. The number of aryl methyl sites for hydroxylation is 1. The van der Waals surface area contributed by atoms with Crippen LogP contribution < -0.4 is 0 Å². The molecule has 0 atom stereocenters. The van der Waals surface area contributed by atoms with Crippen molar-refractivity contribution in [2.24, 2.45) is 0 Å². The van der Waals surface area contributed by atoms with Crippen molar-refractivity contribution in [1.29, 1.82) is 0 Å². The molecule has 0 N–H and O–H groups in total. The summed E-state index contributed by atoms with van der Waals surface area (Å²) in [5.74, 6) is -7.98. The summed E-state index contributed by atoms with van der Waals surface area (Å²) in [6, 6.07) is 10.9. The molecule has 190 valence electrons. The number of allylic oxidation sites excluding steroid dienone is 1. The Morgan fingerprint density at radius 2 is 0.892 bits per heavy atom. The minimum Gasteiger partial charge on any atom is -0.206 e. The van der Waals surface area contributed by atoms with Gasteiger partial charge in [0.25, 0.3) is 0 Å². The van der Waals surface area contributed by atoms with Gasteiger partial charge in [-0.05, 0) is 71.7 Å². The zero-order chi connectivity index (χ0) is 27.1. The highest BCUT2D eigenvalue weighted by atomic mass is 19.4. The van der Waals surface area contributed by atoms with Crippen molar-refractivity contribution in [2.45, 2.75) is 13.1 Å². The maximum atomic E-state index is 14.9. The molecule has 0 saturated heterocycles. The predicted molar refractivity (Wildman–Crippen MR) is 122 cm³/mol. The quantitative estimate of drug-likeness (QED) is 0.234. The third-order valence-corrected chi connectivity index (χ3v) is 5.56. The molecule has 4 aromatic carbocycles. The highest BCUT2D eigenvalue weighted by molar-refractivity contribution is 5.75. The third kappa shape index (κ3) is 5.55. The first-order valence-corrected chi connectivity index (χ1v) is 10.6. The largest absolute Gasteiger partial charge is 0.409 e. The molecule has 0 heterocycles. The van der Waals surface area contributed by atoms with E-state index < -0.39 is 75.0 Å². The van der Waals surface area contributed by atoms with Gasteiger partial charge in [0.2, 0.25) is 0 Å². The molecule has 0 spiro atoms. The highest BCUT2D eigenvalue weighted by Gasteiger charge is 2.24. The maximum Gasteiger partial charge on any atom is 0.409 e. The second-order valence-corrected chi connectivity index (χ2v) is 8.22. The van der Waals surface area contributed by atoms with Crippen LogP contribution in [0.2, 0.25) is 0 Å². The second kappa shape index (κ2) is 9.80. The van der Waals surface area contributed by atoms with E-state index in [0.717, 1.165) is 17.7 Å². The van der Waals surface area contributed by atoms with Crippen molar-refractivity contribution in [3.8, 4) is 33.4 Å². The molecule has 0 aromatic heterocycles. The first kappa shape index (κ1) is 26.1. The average molecular weight is 522 g/mol. The van der Waals surface area contributed by atoms with Gasteiger partial charge in [-0.1, -0.05) is 29.8 Å². The maximum absolute atomic E-state index is 14.9. The summed E-state index contributed by atoms with van der Waals surface area (Å²) >= 11 is 0. The van der Waals surface area contributed by atoms with Crippen LogP contribution in [0.3, 0.4) is 0 Å². The fraction of sp³-hybridized carbons (Fsp3) is 0.0714. The van der Waals surface area contributed by atoms with Crippen LogP contribution in [-0.2, 0) is 0 Å². The van der Waals surface area contributed by atoms with E-state index in [4.69, 9.17) is 0 Å². The van der Waals surface area contributed by atoms with Crippen LogP contribution in [0.5, 0.6) is 0 Å². The van der Waals surface area contributed by atoms with Gasteiger partial charge in [-0.15, -0.1) is 0 Å². The lowest BCUT2D eigenvalue weighted by molar-refractivity contribution is -0.0790. The number of halogens is 9. The topological polar surface area (TPSA) is 0 Å². The van der Waals surface area contributed by atoms with Crippen LogP contribution in [0.4, 0.5) is 39.5 Å². The molecule has 0 aliphatic carbocycles. The van der Waals surface area contributed by atoms with Crippen LogP contribution in [0.1, 0.15) is 11.1 Å². The van der Waals surface area contributed by atoms with Crippen molar-refractivity contribution in [2.75, 3.05) is 0 Å². The van der Waals surface area contributed by atoms with Crippen molar-refractivity contribution >= 4 is 6.08 Å². The van der Waals surface area contributed by atoms with E-state index in [-0.39, 0.29) is 11.6 Å². The number of hydrogen-bond donors (Lipinski definition) is 0. The van der Waals surface area contributed by atoms with Crippen LogP contribution in [0, 0.1) is 41.8 Å². The SMILES string of the molecule is Cc1ccc(-c2cc(F)c(-c3cc(F)c(-c4cc(F)c(/C=C/C(F)(F)F)c(F)c4)c(F)c3)c(F)c2)cc1. The van der Waals surface area contributed by atoms with Gasteiger partial charge < -0.3 is 0 Å². The lowest BCUT2D eigenvalue weighted by Gasteiger charge is -2.13. The van der Waals surface area contributed by atoms with Crippen LogP contribution in [-0.4, -0.2) is 6.18 Å². The van der Waals surface area contributed by atoms with Gasteiger partial charge in [0.05, 0.1) is 11.1 Å². The molecular weight excluding hydrogens is 507 g/mol. The zero-order valence-electron chi connectivity index (χ0n) is 18.8. The Labute approximate surface area is 205 Å². The van der Waals surface area contributed by atoms with E-state index in [2.05, 4.69) is 0 Å². The van der Waals surface area contributed by atoms with E-state index in [1.807, 2.05) is 6.92 Å². The van der Waals surface area contributed by atoms with Gasteiger partial charge in [0.1, 0.15) is 34.9 Å². The molecule has 0 bridgehead atoms. The lowest BCUT2D eigenvalue weighted by atomic mass is 9.95. The van der Waals surface area contributed by atoms with E-state index in [1.165, 1.54) is 0 Å². The fourth-order valence-electron chi connectivity index (χ4n) is 3.82. The number of benzene rings is 4. The molecular formula is C28H15F9. The van der Waals surface area contributed by atoms with Crippen LogP contribution in [0.15, 0.2) is 66.7 Å². The van der Waals surface area contributed by atoms with Gasteiger partial charge in [-0.25, -0.2) is 26.3 Å². The van der Waals surface area contributed by atoms with E-state index in [1.54, 1.807) is 24.3 Å². The summed E-state index contributed by atoms with van der Waals surface area (Å²) in [5.41, 5.74) is -2.22. The Hall–Kier alpha value is -4.01. The van der Waals surface area contributed by atoms with Gasteiger partial charge in [0.15, 0.2) is 0 Å². The summed E-state index contributed by atoms with van der Waals surface area (Å²) in [5, 5.41) is 0. The van der Waals surface area contributed by atoms with Crippen molar-refractivity contribution < 1.29 is 39.5 Å². The highest BCUT2D eigenvalue weighted by Crippen LogP contribution is 2.36. The fourth-order valence-corrected chi connectivity index (χ4v) is 3.82. The molecule has 4 aromatic rings. The molecule has 0 aliphatic rings. The van der Waals surface area contributed by atoms with Gasteiger partial charge in [0, 0.05) is 11.6 Å². The predicted octanol–water partition coefficient (Wildman–Crippen LogP) is 9.41. The molecule has 4 rings (SSSR count). The molecule has 0 unspecified atom stereocenters. The first-order chi connectivity index (χ1) is 17.3. The Morgan fingerprint density at radius 3 is 1.30 bits per heavy atom. The monoisotopic (exact) mass is 522 g/mol. The summed E-state index contributed by atoms with van der Waals surface area (Å²) < 4.78 is 125. The lowest BCUT2D eigenvalue weighted by Crippen LogP contribution is -2.02. The summed E-state index contributed by atoms with van der Waals surface area (Å²) in [4.78, 5) is 0. The Balaban J connectivity index is 1.75. The standard InChI is InChI=1S/C28H15F9/c1-14-2-4-15(5-3-14)16-8-22(31)27(23(32)9-16)18-12-24(33)26(25(34)13-18)17-10-20(29)19(21(30)11-17)6-7-28(35,36)37/h2-13H,1H3/b7-6+. The Morgan fingerprint density at radius 1 is 0.514 bits per heavy atom. The van der Waals surface area contributed by atoms with E-state index in [0.29, 0.717) is 29.8 Å². The molecule has 0 amide bonds.